The minimum atomic E-state index is -5.01. The molecule has 36 heavy (non-hydrogen) atoms. The Morgan fingerprint density at radius 1 is 1.17 bits per heavy atom. The van der Waals surface area contributed by atoms with E-state index in [1.165, 1.54) is 11.8 Å². The summed E-state index contributed by atoms with van der Waals surface area (Å²) < 4.78 is 85.1. The number of piperazine rings is 1. The molecule has 1 fully saturated rings. The summed E-state index contributed by atoms with van der Waals surface area (Å²) in [6, 6.07) is 5.29. The number of ether oxygens (including phenoxy) is 1. The molecule has 0 radical (unpaired) electrons. The summed E-state index contributed by atoms with van der Waals surface area (Å²) in [7, 11) is -4.29. The van der Waals surface area contributed by atoms with Crippen molar-refractivity contribution in [1.29, 1.82) is 5.26 Å². The highest BCUT2D eigenvalue weighted by Crippen LogP contribution is 2.34. The fraction of sp³-hybridized carbons (Fsp3) is 0.333. The number of alkyl halides is 3. The van der Waals surface area contributed by atoms with Gasteiger partial charge in [-0.15, -0.1) is 0 Å². The zero-order valence-electron chi connectivity index (χ0n) is 18.7. The first-order chi connectivity index (χ1) is 16.9. The number of pyridine rings is 1. The Kier molecular flexibility index (Phi) is 7.68. The molecule has 15 heteroatoms. The van der Waals surface area contributed by atoms with Crippen molar-refractivity contribution in [2.75, 3.05) is 37.7 Å². The Balaban J connectivity index is 1.78. The van der Waals surface area contributed by atoms with Crippen molar-refractivity contribution in [3.05, 3.63) is 53.0 Å². The summed E-state index contributed by atoms with van der Waals surface area (Å²) in [5.74, 6) is -2.27. The number of sulfonamides is 1. The fourth-order valence-electron chi connectivity index (χ4n) is 3.38. The van der Waals surface area contributed by atoms with E-state index in [1.807, 2.05) is 4.72 Å². The average molecular weight is 529 g/mol. The molecule has 0 saturated carbocycles. The normalized spacial score (nSPS) is 14.2. The Bertz CT molecular complexity index is 1300. The quantitative estimate of drug-likeness (QED) is 0.462. The molecule has 1 aromatic heterocycles. The summed E-state index contributed by atoms with van der Waals surface area (Å²) in [4.78, 5) is 30.1. The van der Waals surface area contributed by atoms with Gasteiger partial charge in [0.25, 0.3) is 10.0 Å². The van der Waals surface area contributed by atoms with Crippen LogP contribution in [0, 0.1) is 17.1 Å². The highest BCUT2D eigenvalue weighted by atomic mass is 32.2. The third-order valence-electron chi connectivity index (χ3n) is 5.10. The van der Waals surface area contributed by atoms with Crippen molar-refractivity contribution < 1.29 is 40.3 Å². The van der Waals surface area contributed by atoms with E-state index in [4.69, 9.17) is 0 Å². The van der Waals surface area contributed by atoms with Crippen LogP contribution in [0.15, 0.2) is 35.2 Å². The van der Waals surface area contributed by atoms with E-state index < -0.39 is 45.3 Å². The molecule has 1 aliphatic rings. The van der Waals surface area contributed by atoms with Crippen LogP contribution in [0.5, 0.6) is 0 Å². The van der Waals surface area contributed by atoms with Crippen LogP contribution in [0.1, 0.15) is 28.5 Å². The molecule has 0 bridgehead atoms. The lowest BCUT2D eigenvalue weighted by molar-refractivity contribution is -0.141. The van der Waals surface area contributed by atoms with Crippen molar-refractivity contribution >= 4 is 27.8 Å². The van der Waals surface area contributed by atoms with Crippen LogP contribution in [0.25, 0.3) is 0 Å². The fourth-order valence-corrected chi connectivity index (χ4v) is 4.35. The molecular weight excluding hydrogens is 510 g/mol. The van der Waals surface area contributed by atoms with Gasteiger partial charge in [-0.1, -0.05) is 0 Å². The van der Waals surface area contributed by atoms with Gasteiger partial charge < -0.3 is 14.5 Å². The lowest BCUT2D eigenvalue weighted by atomic mass is 10.1. The number of halogens is 4. The molecule has 3 rings (SSSR count). The number of nitriles is 1. The van der Waals surface area contributed by atoms with Crippen LogP contribution < -0.4 is 9.62 Å². The molecular formula is C21H19F4N5O5S. The first kappa shape index (κ1) is 26.7. The number of carbonyl (C=O) groups excluding carboxylic acids is 2. The van der Waals surface area contributed by atoms with Crippen molar-refractivity contribution in [2.45, 2.75) is 18.0 Å². The van der Waals surface area contributed by atoms with Gasteiger partial charge in [-0.2, -0.15) is 18.4 Å². The zero-order chi connectivity index (χ0) is 26.7. The van der Waals surface area contributed by atoms with Crippen molar-refractivity contribution in [3.8, 4) is 6.07 Å². The Morgan fingerprint density at radius 2 is 1.78 bits per heavy atom. The molecule has 0 aliphatic carbocycles. The predicted molar refractivity (Wildman–Crippen MR) is 116 cm³/mol. The number of hydrogen-bond donors (Lipinski definition) is 1. The second-order valence-corrected chi connectivity index (χ2v) is 9.11. The standard InChI is InChI=1S/C21H19F4N5O5S/c1-2-35-19(31)16-11-13(12-26)18(27-17(16)21(23,24)25)29-7-9-30(10-8-29)20(32)28-36(33,34)15-5-3-14(22)4-6-15/h3-6,11H,2,7-10H2,1H3,(H,28,32). The molecule has 10 nitrogen and oxygen atoms in total. The van der Waals surface area contributed by atoms with Gasteiger partial charge in [-0.25, -0.2) is 32.1 Å². The number of urea groups is 1. The number of hydrogen-bond acceptors (Lipinski definition) is 8. The van der Waals surface area contributed by atoms with Crippen LogP contribution in [0.4, 0.5) is 28.2 Å². The Labute approximate surface area is 203 Å². The predicted octanol–water partition coefficient (Wildman–Crippen LogP) is 2.51. The third kappa shape index (κ3) is 5.82. The van der Waals surface area contributed by atoms with E-state index in [2.05, 4.69) is 9.72 Å². The van der Waals surface area contributed by atoms with E-state index in [-0.39, 0.29) is 49.1 Å². The molecule has 1 aliphatic heterocycles. The van der Waals surface area contributed by atoms with Gasteiger partial charge in [-0.3, -0.25) is 0 Å². The maximum atomic E-state index is 13.6. The first-order valence-corrected chi connectivity index (χ1v) is 11.9. The molecule has 192 valence electrons. The minimum absolute atomic E-state index is 0.0816. The molecule has 2 amide bonds. The van der Waals surface area contributed by atoms with Gasteiger partial charge in [-0.05, 0) is 37.3 Å². The summed E-state index contributed by atoms with van der Waals surface area (Å²) in [5, 5.41) is 9.46. The number of amides is 2. The van der Waals surface area contributed by atoms with Gasteiger partial charge in [0.05, 0.1) is 22.6 Å². The van der Waals surface area contributed by atoms with E-state index in [9.17, 15) is 40.8 Å². The third-order valence-corrected chi connectivity index (χ3v) is 6.43. The van der Waals surface area contributed by atoms with Crippen molar-refractivity contribution in [1.82, 2.24) is 14.6 Å². The summed E-state index contributed by atoms with van der Waals surface area (Å²) >= 11 is 0. The molecule has 0 unspecified atom stereocenters. The van der Waals surface area contributed by atoms with E-state index in [0.29, 0.717) is 0 Å². The van der Waals surface area contributed by atoms with Gasteiger partial charge in [0.15, 0.2) is 5.69 Å². The summed E-state index contributed by atoms with van der Waals surface area (Å²) in [6.07, 6.45) is -5.01. The number of anilines is 1. The minimum Gasteiger partial charge on any atom is -0.462 e. The van der Waals surface area contributed by atoms with Crippen LogP contribution >= 0.6 is 0 Å². The second kappa shape index (κ2) is 10.4. The summed E-state index contributed by atoms with van der Waals surface area (Å²) in [6.45, 7) is 0.847. The van der Waals surface area contributed by atoms with Crippen molar-refractivity contribution in [2.24, 2.45) is 0 Å². The highest BCUT2D eigenvalue weighted by molar-refractivity contribution is 7.90. The van der Waals surface area contributed by atoms with E-state index >= 15 is 0 Å². The number of aromatic nitrogens is 1. The number of rotatable bonds is 5. The molecule has 2 aromatic rings. The van der Waals surface area contributed by atoms with Crippen molar-refractivity contribution in [3.63, 3.8) is 0 Å². The second-order valence-electron chi connectivity index (χ2n) is 7.42. The Hall–Kier alpha value is -3.93. The zero-order valence-corrected chi connectivity index (χ0v) is 19.5. The van der Waals surface area contributed by atoms with Crippen LogP contribution in [-0.2, 0) is 20.9 Å². The number of benzene rings is 1. The van der Waals surface area contributed by atoms with Gasteiger partial charge in [0.2, 0.25) is 0 Å². The lowest BCUT2D eigenvalue weighted by Crippen LogP contribution is -2.53. The smallest absolute Gasteiger partial charge is 0.434 e. The van der Waals surface area contributed by atoms with Crippen LogP contribution in [0.3, 0.4) is 0 Å². The van der Waals surface area contributed by atoms with Gasteiger partial charge >= 0.3 is 18.2 Å². The summed E-state index contributed by atoms with van der Waals surface area (Å²) in [5.41, 5.74) is -2.71. The molecule has 1 saturated heterocycles. The van der Waals surface area contributed by atoms with Crippen LogP contribution in [-0.4, -0.2) is 63.1 Å². The molecule has 0 spiro atoms. The Morgan fingerprint density at radius 3 is 2.31 bits per heavy atom. The van der Waals surface area contributed by atoms with Crippen LogP contribution in [0.2, 0.25) is 0 Å². The number of nitrogens with zero attached hydrogens (tertiary/aromatic N) is 4. The molecule has 1 N–H and O–H groups in total. The maximum absolute atomic E-state index is 13.6. The highest BCUT2D eigenvalue weighted by Gasteiger charge is 2.40. The number of carbonyl (C=O) groups is 2. The molecule has 0 atom stereocenters. The van der Waals surface area contributed by atoms with E-state index in [0.717, 1.165) is 35.2 Å². The lowest BCUT2D eigenvalue weighted by Gasteiger charge is -2.35. The molecule has 2 heterocycles. The molecule has 1 aromatic carbocycles. The monoisotopic (exact) mass is 529 g/mol. The largest absolute Gasteiger partial charge is 0.462 e. The van der Waals surface area contributed by atoms with Gasteiger partial charge in [0.1, 0.15) is 17.7 Å². The van der Waals surface area contributed by atoms with Gasteiger partial charge in [0, 0.05) is 26.2 Å². The topological polar surface area (TPSA) is 133 Å². The SMILES string of the molecule is CCOC(=O)c1cc(C#N)c(N2CCN(C(=O)NS(=O)(=O)c3ccc(F)cc3)CC2)nc1C(F)(F)F. The maximum Gasteiger partial charge on any atom is 0.434 e. The first-order valence-electron chi connectivity index (χ1n) is 10.4. The van der Waals surface area contributed by atoms with E-state index in [1.54, 1.807) is 6.07 Å². The number of esters is 1. The number of nitrogens with one attached hydrogen (secondary N) is 1. The average Bonchev–Trinajstić information content (AvgIpc) is 2.83.